The van der Waals surface area contributed by atoms with Crippen LogP contribution >= 0.6 is 11.8 Å². The van der Waals surface area contributed by atoms with E-state index in [0.29, 0.717) is 29.6 Å². The molecule has 0 amide bonds. The van der Waals surface area contributed by atoms with E-state index >= 15 is 0 Å². The Morgan fingerprint density at radius 3 is 2.38 bits per heavy atom. The van der Waals surface area contributed by atoms with Crippen molar-refractivity contribution in [1.29, 1.82) is 0 Å². The molecule has 0 saturated carbocycles. The molecule has 6 unspecified atom stereocenters. The van der Waals surface area contributed by atoms with Crippen LogP contribution in [-0.2, 0) is 0 Å². The number of rotatable bonds is 2. The first-order valence-electron chi connectivity index (χ1n) is 14.7. The zero-order valence-corrected chi connectivity index (χ0v) is 22.4. The predicted octanol–water partition coefficient (Wildman–Crippen LogP) is 10.1. The van der Waals surface area contributed by atoms with Crippen LogP contribution in [0.2, 0.25) is 0 Å². The van der Waals surface area contributed by atoms with Crippen LogP contribution < -0.4 is 0 Å². The van der Waals surface area contributed by atoms with Crippen LogP contribution in [0.4, 0.5) is 0 Å². The number of allylic oxidation sites excluding steroid dienone is 6. The normalized spacial score (nSPS) is 32.1. The highest BCUT2D eigenvalue weighted by atomic mass is 32.2. The maximum atomic E-state index is 2.64. The summed E-state index contributed by atoms with van der Waals surface area (Å²) in [6, 6.07) is 23.6. The predicted molar refractivity (Wildman–Crippen MR) is 157 cm³/mol. The Bertz CT molecular complexity index is 1450. The van der Waals surface area contributed by atoms with Crippen LogP contribution in [0.5, 0.6) is 0 Å². The first-order valence-corrected chi connectivity index (χ1v) is 15.6. The Labute approximate surface area is 225 Å². The van der Waals surface area contributed by atoms with Crippen LogP contribution in [-0.4, -0.2) is 5.25 Å². The maximum absolute atomic E-state index is 2.64. The van der Waals surface area contributed by atoms with Crippen LogP contribution in [0.15, 0.2) is 101 Å². The summed E-state index contributed by atoms with van der Waals surface area (Å²) in [6.07, 6.45) is 20.5. The van der Waals surface area contributed by atoms with Crippen LogP contribution in [0.3, 0.4) is 0 Å². The quantitative estimate of drug-likeness (QED) is 0.315. The first-order chi connectivity index (χ1) is 18.4. The van der Waals surface area contributed by atoms with Gasteiger partial charge in [0, 0.05) is 27.9 Å². The third-order valence-electron chi connectivity index (χ3n) is 10.2. The van der Waals surface area contributed by atoms with Crippen molar-refractivity contribution in [2.75, 3.05) is 0 Å². The van der Waals surface area contributed by atoms with Crippen molar-refractivity contribution in [3.05, 3.63) is 113 Å². The number of hydrogen-bond donors (Lipinski definition) is 0. The highest BCUT2D eigenvalue weighted by Crippen LogP contribution is 2.61. The lowest BCUT2D eigenvalue weighted by atomic mass is 9.55. The molecule has 0 spiro atoms. The molecule has 0 radical (unpaired) electrons. The minimum atomic E-state index is 0.549. The summed E-state index contributed by atoms with van der Waals surface area (Å²) >= 11 is 2.23. The summed E-state index contributed by atoms with van der Waals surface area (Å²) in [5.41, 5.74) is 8.50. The second-order valence-corrected chi connectivity index (χ2v) is 13.3. The second-order valence-electron chi connectivity index (χ2n) is 12.0. The first kappa shape index (κ1) is 22.5. The van der Waals surface area contributed by atoms with Crippen molar-refractivity contribution in [1.82, 2.24) is 0 Å². The van der Waals surface area contributed by atoms with E-state index in [1.807, 2.05) is 5.57 Å². The Kier molecular flexibility index (Phi) is 5.50. The summed E-state index contributed by atoms with van der Waals surface area (Å²) < 4.78 is 0. The molecule has 6 atom stereocenters. The minimum absolute atomic E-state index is 0.549. The van der Waals surface area contributed by atoms with Crippen molar-refractivity contribution < 1.29 is 0 Å². The fourth-order valence-corrected chi connectivity index (χ4v) is 10.2. The monoisotopic (exact) mass is 500 g/mol. The van der Waals surface area contributed by atoms with Gasteiger partial charge >= 0.3 is 0 Å². The molecule has 3 aromatic rings. The van der Waals surface area contributed by atoms with E-state index in [-0.39, 0.29) is 0 Å². The molecular formula is C36H36S. The van der Waals surface area contributed by atoms with Crippen LogP contribution in [0.1, 0.15) is 85.8 Å². The third kappa shape index (κ3) is 3.57. The molecular weight excluding hydrogens is 464 g/mol. The molecule has 4 aliphatic carbocycles. The Balaban J connectivity index is 1.30. The zero-order chi connectivity index (χ0) is 24.3. The fourth-order valence-electron chi connectivity index (χ4n) is 8.63. The maximum Gasteiger partial charge on any atom is 0.0201 e. The smallest absolute Gasteiger partial charge is 0.0201 e. The van der Waals surface area contributed by atoms with Gasteiger partial charge in [0.05, 0.1) is 0 Å². The SMILES string of the molecule is C1=CC2c3cccc(C4C5=C(CCCC5)C(c5ccc6ccccc6c5)C5C=CCCC45)c3SC2CC1. The van der Waals surface area contributed by atoms with E-state index in [4.69, 9.17) is 0 Å². The van der Waals surface area contributed by atoms with E-state index in [1.54, 1.807) is 27.2 Å². The Morgan fingerprint density at radius 1 is 0.676 bits per heavy atom. The van der Waals surface area contributed by atoms with Gasteiger partial charge in [0.25, 0.3) is 0 Å². The summed E-state index contributed by atoms with van der Waals surface area (Å²) in [4.78, 5) is 1.66. The Morgan fingerprint density at radius 2 is 1.46 bits per heavy atom. The molecule has 0 aromatic heterocycles. The molecule has 0 bridgehead atoms. The molecule has 8 rings (SSSR count). The van der Waals surface area contributed by atoms with E-state index in [2.05, 4.69) is 96.7 Å². The average Bonchev–Trinajstić information content (AvgIpc) is 3.35. The second kappa shape index (κ2) is 9.05. The number of thioether (sulfide) groups is 1. The summed E-state index contributed by atoms with van der Waals surface area (Å²) in [5, 5.41) is 3.50. The lowest BCUT2D eigenvalue weighted by Gasteiger charge is -2.49. The van der Waals surface area contributed by atoms with Gasteiger partial charge < -0.3 is 0 Å². The highest BCUT2D eigenvalue weighted by Gasteiger charge is 2.47. The molecule has 0 N–H and O–H groups in total. The number of hydrogen-bond acceptors (Lipinski definition) is 1. The van der Waals surface area contributed by atoms with Gasteiger partial charge in [-0.25, -0.2) is 0 Å². The van der Waals surface area contributed by atoms with Gasteiger partial charge in [-0.2, -0.15) is 0 Å². The molecule has 5 aliphatic rings. The highest BCUT2D eigenvalue weighted by molar-refractivity contribution is 8.00. The Hall–Kier alpha value is -2.51. The van der Waals surface area contributed by atoms with Gasteiger partial charge in [0.15, 0.2) is 0 Å². The topological polar surface area (TPSA) is 0 Å². The van der Waals surface area contributed by atoms with Crippen molar-refractivity contribution in [3.8, 4) is 0 Å². The standard InChI is InChI=1S/C36H36S/c1-2-11-24-22-25(21-20-23(24)10-1)34-27-13-3-5-15-29(27)35(30-16-6-4-14-28(30)34)32-18-9-17-31-26-12-7-8-19-33(26)37-36(31)32/h1-3,7,9-13,17-18,20-22,26-27,29,33-35H,4-6,8,14-16,19H2. The molecule has 1 heteroatoms. The van der Waals surface area contributed by atoms with Gasteiger partial charge in [-0.15, -0.1) is 11.8 Å². The molecule has 0 fully saturated rings. The summed E-state index contributed by atoms with van der Waals surface area (Å²) in [6.45, 7) is 0. The van der Waals surface area contributed by atoms with Crippen LogP contribution in [0.25, 0.3) is 10.8 Å². The van der Waals surface area contributed by atoms with Gasteiger partial charge in [0.1, 0.15) is 0 Å². The lowest BCUT2D eigenvalue weighted by molar-refractivity contribution is 0.254. The van der Waals surface area contributed by atoms with Crippen molar-refractivity contribution in [3.63, 3.8) is 0 Å². The summed E-state index contributed by atoms with van der Waals surface area (Å²) in [7, 11) is 0. The van der Waals surface area contributed by atoms with E-state index < -0.39 is 0 Å². The molecule has 37 heavy (non-hydrogen) atoms. The lowest BCUT2D eigenvalue weighted by Crippen LogP contribution is -2.36. The largest absolute Gasteiger partial charge is 0.121 e. The van der Waals surface area contributed by atoms with Gasteiger partial charge in [-0.1, -0.05) is 96.1 Å². The van der Waals surface area contributed by atoms with E-state index in [9.17, 15) is 0 Å². The van der Waals surface area contributed by atoms with Gasteiger partial charge in [-0.05, 0) is 90.7 Å². The van der Waals surface area contributed by atoms with E-state index in [0.717, 1.165) is 5.25 Å². The molecule has 3 aromatic carbocycles. The average molecular weight is 501 g/mol. The van der Waals surface area contributed by atoms with E-state index in [1.165, 1.54) is 62.1 Å². The van der Waals surface area contributed by atoms with Gasteiger partial charge in [0.2, 0.25) is 0 Å². The van der Waals surface area contributed by atoms with Crippen molar-refractivity contribution in [2.45, 2.75) is 79.3 Å². The molecule has 0 nitrogen and oxygen atoms in total. The molecule has 1 heterocycles. The van der Waals surface area contributed by atoms with Crippen molar-refractivity contribution in [2.24, 2.45) is 11.8 Å². The number of benzene rings is 3. The van der Waals surface area contributed by atoms with Gasteiger partial charge in [-0.3, -0.25) is 0 Å². The third-order valence-corrected chi connectivity index (χ3v) is 11.7. The zero-order valence-electron chi connectivity index (χ0n) is 21.6. The van der Waals surface area contributed by atoms with Crippen molar-refractivity contribution >= 4 is 22.5 Å². The minimum Gasteiger partial charge on any atom is -0.121 e. The number of fused-ring (bicyclic) bond motifs is 5. The molecule has 0 saturated heterocycles. The van der Waals surface area contributed by atoms with Crippen LogP contribution in [0, 0.1) is 11.8 Å². The summed E-state index contributed by atoms with van der Waals surface area (Å²) in [5.74, 6) is 3.11. The molecule has 1 aliphatic heterocycles. The molecule has 186 valence electrons. The fraction of sp³-hybridized carbons (Fsp3) is 0.389.